The number of carboxylic acid groups (broad SMARTS) is 1. The van der Waals surface area contributed by atoms with Crippen molar-refractivity contribution >= 4 is 5.97 Å². The van der Waals surface area contributed by atoms with Gasteiger partial charge in [-0.1, -0.05) is 6.92 Å². The number of carbonyl (C=O) groups is 1. The maximum Gasteiger partial charge on any atom is 0.317 e. The molecule has 3 aliphatic rings. The minimum atomic E-state index is -0.685. The summed E-state index contributed by atoms with van der Waals surface area (Å²) in [7, 11) is 0. The lowest BCUT2D eigenvalue weighted by Gasteiger charge is -2.43. The van der Waals surface area contributed by atoms with Crippen LogP contribution >= 0.6 is 0 Å². The molecule has 5 nitrogen and oxygen atoms in total. The molecular weight excluding hydrogens is 292 g/mol. The summed E-state index contributed by atoms with van der Waals surface area (Å²) in [6.07, 6.45) is 8.72. The van der Waals surface area contributed by atoms with E-state index < -0.39 is 5.97 Å². The van der Waals surface area contributed by atoms with Gasteiger partial charge in [0.15, 0.2) is 0 Å². The van der Waals surface area contributed by atoms with E-state index in [0.29, 0.717) is 18.2 Å². The summed E-state index contributed by atoms with van der Waals surface area (Å²) in [5.74, 6) is 0.818. The lowest BCUT2D eigenvalue weighted by atomic mass is 9.84. The highest BCUT2D eigenvalue weighted by Gasteiger charge is 2.37. The first-order valence-electron chi connectivity index (χ1n) is 9.44. The Morgan fingerprint density at radius 2 is 2.00 bits per heavy atom. The van der Waals surface area contributed by atoms with Crippen LogP contribution in [0.3, 0.4) is 0 Å². The van der Waals surface area contributed by atoms with Gasteiger partial charge in [-0.15, -0.1) is 0 Å². The molecule has 3 fully saturated rings. The van der Waals surface area contributed by atoms with Crippen LogP contribution in [-0.2, 0) is 9.53 Å². The van der Waals surface area contributed by atoms with Crippen molar-refractivity contribution in [2.24, 2.45) is 11.8 Å². The predicted molar refractivity (Wildman–Crippen MR) is 89.5 cm³/mol. The number of rotatable bonds is 9. The molecule has 0 aromatic rings. The highest BCUT2D eigenvalue weighted by molar-refractivity contribution is 5.69. The van der Waals surface area contributed by atoms with Crippen LogP contribution in [0.4, 0.5) is 0 Å². The number of nitrogens with one attached hydrogen (secondary N) is 1. The van der Waals surface area contributed by atoms with Crippen molar-refractivity contribution in [1.29, 1.82) is 0 Å². The number of ether oxygens (including phenoxy) is 1. The van der Waals surface area contributed by atoms with Crippen molar-refractivity contribution < 1.29 is 14.6 Å². The van der Waals surface area contributed by atoms with E-state index in [1.807, 2.05) is 0 Å². The largest absolute Gasteiger partial charge is 0.480 e. The Bertz CT molecular complexity index is 394. The molecular formula is C18H32N2O3. The third kappa shape index (κ3) is 5.16. The zero-order valence-electron chi connectivity index (χ0n) is 14.4. The van der Waals surface area contributed by atoms with Gasteiger partial charge < -0.3 is 15.2 Å². The monoisotopic (exact) mass is 324 g/mol. The van der Waals surface area contributed by atoms with Crippen LogP contribution in [0.5, 0.6) is 0 Å². The van der Waals surface area contributed by atoms with Crippen LogP contribution in [0.1, 0.15) is 51.9 Å². The fraction of sp³-hybridized carbons (Fsp3) is 0.944. The van der Waals surface area contributed by atoms with Gasteiger partial charge in [0.2, 0.25) is 0 Å². The summed E-state index contributed by atoms with van der Waals surface area (Å²) in [6.45, 7) is 5.41. The molecule has 1 saturated heterocycles. The maximum absolute atomic E-state index is 11.1. The molecule has 3 rings (SSSR count). The lowest BCUT2D eigenvalue weighted by Crippen LogP contribution is -2.55. The van der Waals surface area contributed by atoms with Gasteiger partial charge >= 0.3 is 5.97 Å². The smallest absolute Gasteiger partial charge is 0.317 e. The minimum Gasteiger partial charge on any atom is -0.480 e. The maximum atomic E-state index is 11.1. The average Bonchev–Trinajstić information content (AvgIpc) is 3.29. The van der Waals surface area contributed by atoms with Crippen LogP contribution in [0, 0.1) is 11.8 Å². The van der Waals surface area contributed by atoms with Crippen molar-refractivity contribution in [2.75, 3.05) is 26.2 Å². The first kappa shape index (κ1) is 17.2. The summed E-state index contributed by atoms with van der Waals surface area (Å²) in [5.41, 5.74) is 0. The highest BCUT2D eigenvalue weighted by atomic mass is 16.5. The standard InChI is InChI=1S/C18H32N2O3/c1-2-17-7-14(5-6-23-17)10-19-15-8-16(9-15)20(12-18(21)22)11-13-3-4-13/h13-17,19H,2-12H2,1H3,(H,21,22). The van der Waals surface area contributed by atoms with E-state index in [1.165, 1.54) is 25.7 Å². The number of hydrogen-bond donors (Lipinski definition) is 2. The Kier molecular flexibility index (Phi) is 5.94. The molecule has 132 valence electrons. The van der Waals surface area contributed by atoms with Crippen LogP contribution in [0.15, 0.2) is 0 Å². The minimum absolute atomic E-state index is 0.214. The Balaban J connectivity index is 1.35. The first-order valence-corrected chi connectivity index (χ1v) is 9.44. The molecule has 0 radical (unpaired) electrons. The zero-order chi connectivity index (χ0) is 16.2. The molecule has 2 unspecified atom stereocenters. The number of hydrogen-bond acceptors (Lipinski definition) is 4. The average molecular weight is 324 g/mol. The predicted octanol–water partition coefficient (Wildman–Crippen LogP) is 2.11. The van der Waals surface area contributed by atoms with E-state index in [9.17, 15) is 4.79 Å². The van der Waals surface area contributed by atoms with E-state index in [1.54, 1.807) is 0 Å². The third-order valence-corrected chi connectivity index (χ3v) is 5.78. The molecule has 0 spiro atoms. The van der Waals surface area contributed by atoms with Crippen LogP contribution in [0.2, 0.25) is 0 Å². The Morgan fingerprint density at radius 3 is 2.65 bits per heavy atom. The number of nitrogens with zero attached hydrogens (tertiary/aromatic N) is 1. The quantitative estimate of drug-likeness (QED) is 0.680. The molecule has 5 heteroatoms. The van der Waals surface area contributed by atoms with Gasteiger partial charge in [0, 0.05) is 25.2 Å². The first-order chi connectivity index (χ1) is 11.1. The molecule has 2 saturated carbocycles. The van der Waals surface area contributed by atoms with Crippen molar-refractivity contribution in [2.45, 2.75) is 70.1 Å². The molecule has 2 N–H and O–H groups in total. The normalized spacial score (nSPS) is 34.3. The zero-order valence-corrected chi connectivity index (χ0v) is 14.4. The van der Waals surface area contributed by atoms with E-state index in [0.717, 1.165) is 50.8 Å². The SMILES string of the molecule is CCC1CC(CNC2CC(N(CC(=O)O)CC3CC3)C2)CCO1. The second-order valence-electron chi connectivity index (χ2n) is 7.79. The van der Waals surface area contributed by atoms with E-state index in [-0.39, 0.29) is 6.54 Å². The van der Waals surface area contributed by atoms with Gasteiger partial charge in [-0.3, -0.25) is 9.69 Å². The molecule has 23 heavy (non-hydrogen) atoms. The van der Waals surface area contributed by atoms with E-state index >= 15 is 0 Å². The van der Waals surface area contributed by atoms with Crippen molar-refractivity contribution in [3.8, 4) is 0 Å². The van der Waals surface area contributed by atoms with Gasteiger partial charge in [0.1, 0.15) is 0 Å². The molecule has 2 aliphatic carbocycles. The summed E-state index contributed by atoms with van der Waals surface area (Å²) in [4.78, 5) is 13.3. The Hall–Kier alpha value is -0.650. The van der Waals surface area contributed by atoms with E-state index in [2.05, 4.69) is 17.1 Å². The summed E-state index contributed by atoms with van der Waals surface area (Å²) in [6, 6.07) is 1.06. The molecule has 0 aromatic heterocycles. The van der Waals surface area contributed by atoms with Crippen LogP contribution < -0.4 is 5.32 Å². The van der Waals surface area contributed by atoms with Crippen LogP contribution in [0.25, 0.3) is 0 Å². The highest BCUT2D eigenvalue weighted by Crippen LogP contribution is 2.34. The molecule has 0 bridgehead atoms. The number of aliphatic carboxylic acids is 1. The molecule has 1 heterocycles. The molecule has 2 atom stereocenters. The molecule has 0 aromatic carbocycles. The van der Waals surface area contributed by atoms with E-state index in [4.69, 9.17) is 9.84 Å². The Morgan fingerprint density at radius 1 is 1.22 bits per heavy atom. The van der Waals surface area contributed by atoms with Gasteiger partial charge in [0.05, 0.1) is 12.6 Å². The third-order valence-electron chi connectivity index (χ3n) is 5.78. The fourth-order valence-electron chi connectivity index (χ4n) is 3.96. The van der Waals surface area contributed by atoms with Crippen LogP contribution in [-0.4, -0.2) is 60.4 Å². The molecule has 1 aliphatic heterocycles. The number of carboxylic acids is 1. The van der Waals surface area contributed by atoms with Gasteiger partial charge in [0.25, 0.3) is 0 Å². The van der Waals surface area contributed by atoms with Crippen molar-refractivity contribution in [3.05, 3.63) is 0 Å². The van der Waals surface area contributed by atoms with Crippen molar-refractivity contribution in [1.82, 2.24) is 10.2 Å². The van der Waals surface area contributed by atoms with Gasteiger partial charge in [-0.05, 0) is 63.3 Å². The van der Waals surface area contributed by atoms with Gasteiger partial charge in [-0.25, -0.2) is 0 Å². The van der Waals surface area contributed by atoms with Crippen molar-refractivity contribution in [3.63, 3.8) is 0 Å². The summed E-state index contributed by atoms with van der Waals surface area (Å²) >= 11 is 0. The lowest BCUT2D eigenvalue weighted by molar-refractivity contribution is -0.139. The second-order valence-corrected chi connectivity index (χ2v) is 7.79. The topological polar surface area (TPSA) is 61.8 Å². The summed E-state index contributed by atoms with van der Waals surface area (Å²) in [5, 5.41) is 12.8. The molecule has 0 amide bonds. The summed E-state index contributed by atoms with van der Waals surface area (Å²) < 4.78 is 5.74. The Labute approximate surface area is 139 Å². The second kappa shape index (κ2) is 7.95. The van der Waals surface area contributed by atoms with Gasteiger partial charge in [-0.2, -0.15) is 0 Å². The fourth-order valence-corrected chi connectivity index (χ4v) is 3.96.